The predicted octanol–water partition coefficient (Wildman–Crippen LogP) is 4.56. The zero-order chi connectivity index (χ0) is 23.3. The maximum absolute atomic E-state index is 13.1. The highest BCUT2D eigenvalue weighted by Gasteiger charge is 2.26. The van der Waals surface area contributed by atoms with Crippen molar-refractivity contribution in [1.29, 1.82) is 0 Å². The third-order valence-corrected chi connectivity index (χ3v) is 7.98. The third kappa shape index (κ3) is 5.76. The van der Waals surface area contributed by atoms with Gasteiger partial charge in [-0.25, -0.2) is 17.9 Å². The van der Waals surface area contributed by atoms with Gasteiger partial charge in [-0.1, -0.05) is 48.0 Å². The van der Waals surface area contributed by atoms with Crippen LogP contribution < -0.4 is 9.62 Å². The van der Waals surface area contributed by atoms with Crippen molar-refractivity contribution < 1.29 is 17.9 Å². The number of nitrogens with one attached hydrogen (secondary N) is 1. The topological polar surface area (TPSA) is 75.7 Å². The van der Waals surface area contributed by atoms with E-state index in [9.17, 15) is 13.2 Å². The van der Waals surface area contributed by atoms with Gasteiger partial charge in [0, 0.05) is 19.0 Å². The van der Waals surface area contributed by atoms with Gasteiger partial charge in [0.15, 0.2) is 0 Å². The largest absolute Gasteiger partial charge is 0.465 e. The van der Waals surface area contributed by atoms with E-state index in [0.717, 1.165) is 21.0 Å². The van der Waals surface area contributed by atoms with Crippen LogP contribution in [0.2, 0.25) is 0 Å². The van der Waals surface area contributed by atoms with Crippen molar-refractivity contribution in [3.8, 4) is 0 Å². The van der Waals surface area contributed by atoms with E-state index < -0.39 is 22.0 Å². The first-order valence-electron chi connectivity index (χ1n) is 10.2. The lowest BCUT2D eigenvalue weighted by Gasteiger charge is -2.18. The number of rotatable bonds is 9. The Balaban J connectivity index is 1.97. The normalized spacial score (nSPS) is 12.4. The number of thiophene rings is 1. The highest BCUT2D eigenvalue weighted by molar-refractivity contribution is 7.89. The Kier molecular flexibility index (Phi) is 7.71. The molecule has 8 heteroatoms. The van der Waals surface area contributed by atoms with Crippen LogP contribution in [-0.2, 0) is 21.2 Å². The van der Waals surface area contributed by atoms with Crippen LogP contribution in [0.1, 0.15) is 38.8 Å². The van der Waals surface area contributed by atoms with Crippen molar-refractivity contribution in [2.45, 2.75) is 30.7 Å². The Morgan fingerprint density at radius 2 is 1.75 bits per heavy atom. The van der Waals surface area contributed by atoms with E-state index in [0.29, 0.717) is 18.4 Å². The monoisotopic (exact) mass is 472 g/mol. The second-order valence-corrected chi connectivity index (χ2v) is 10.5. The zero-order valence-electron chi connectivity index (χ0n) is 18.7. The first-order valence-corrected chi connectivity index (χ1v) is 12.5. The van der Waals surface area contributed by atoms with Gasteiger partial charge in [0.1, 0.15) is 5.00 Å². The van der Waals surface area contributed by atoms with E-state index in [1.807, 2.05) is 56.3 Å². The fraction of sp³-hybridized carbons (Fsp3) is 0.292. The van der Waals surface area contributed by atoms with Crippen LogP contribution in [0.25, 0.3) is 0 Å². The molecule has 0 spiro atoms. The van der Waals surface area contributed by atoms with Crippen LogP contribution in [0.4, 0.5) is 5.00 Å². The van der Waals surface area contributed by atoms with Gasteiger partial charge < -0.3 is 9.64 Å². The number of hydrogen-bond acceptors (Lipinski definition) is 6. The van der Waals surface area contributed by atoms with Crippen molar-refractivity contribution in [2.24, 2.45) is 0 Å². The van der Waals surface area contributed by atoms with Crippen molar-refractivity contribution in [3.63, 3.8) is 0 Å². The summed E-state index contributed by atoms with van der Waals surface area (Å²) in [6.45, 7) is 1.91. The second kappa shape index (κ2) is 10.3. The standard InChI is InChI=1S/C24H28N2O4S2/c1-17-10-13-19(14-11-17)32(28,29)25-21(15-12-18-8-6-5-7-9-18)22-16-20(24(27)30-4)23(31-22)26(2)3/h5-11,13-14,16,21,25H,12,15H2,1-4H3/t21-/m1/s1. The summed E-state index contributed by atoms with van der Waals surface area (Å²) in [7, 11) is 1.28. The number of carbonyl (C=O) groups is 1. The van der Waals surface area contributed by atoms with Crippen molar-refractivity contribution >= 4 is 32.3 Å². The fourth-order valence-corrected chi connectivity index (χ4v) is 5.83. The molecule has 0 amide bonds. The molecular formula is C24H28N2O4S2. The molecule has 0 aliphatic heterocycles. The quantitative estimate of drug-likeness (QED) is 0.462. The molecule has 0 aliphatic rings. The molecule has 6 nitrogen and oxygen atoms in total. The van der Waals surface area contributed by atoms with E-state index in [2.05, 4.69) is 4.72 Å². The van der Waals surface area contributed by atoms with Gasteiger partial charge in [0.2, 0.25) is 10.0 Å². The summed E-state index contributed by atoms with van der Waals surface area (Å²) in [6.07, 6.45) is 1.23. The summed E-state index contributed by atoms with van der Waals surface area (Å²) >= 11 is 1.39. The Morgan fingerprint density at radius 1 is 1.09 bits per heavy atom. The number of carbonyl (C=O) groups excluding carboxylic acids is 1. The van der Waals surface area contributed by atoms with Gasteiger partial charge in [-0.3, -0.25) is 0 Å². The number of benzene rings is 2. The Labute approximate surface area is 193 Å². The molecule has 0 bridgehead atoms. The Morgan fingerprint density at radius 3 is 2.34 bits per heavy atom. The lowest BCUT2D eigenvalue weighted by molar-refractivity contribution is 0.0602. The molecule has 0 unspecified atom stereocenters. The van der Waals surface area contributed by atoms with E-state index in [4.69, 9.17) is 4.74 Å². The smallest absolute Gasteiger partial charge is 0.340 e. The number of ether oxygens (including phenoxy) is 1. The summed E-state index contributed by atoms with van der Waals surface area (Å²) < 4.78 is 34.1. The summed E-state index contributed by atoms with van der Waals surface area (Å²) in [5.74, 6) is -0.445. The molecular weight excluding hydrogens is 444 g/mol. The molecule has 0 saturated heterocycles. The van der Waals surface area contributed by atoms with Crippen LogP contribution >= 0.6 is 11.3 Å². The maximum atomic E-state index is 13.1. The summed E-state index contributed by atoms with van der Waals surface area (Å²) in [4.78, 5) is 15.1. The number of aryl methyl sites for hydroxylation is 2. The minimum Gasteiger partial charge on any atom is -0.465 e. The predicted molar refractivity (Wildman–Crippen MR) is 129 cm³/mol. The minimum absolute atomic E-state index is 0.213. The number of methoxy groups -OCH3 is 1. The first-order chi connectivity index (χ1) is 15.2. The van der Waals surface area contributed by atoms with Gasteiger partial charge in [-0.2, -0.15) is 0 Å². The molecule has 3 aromatic rings. The molecule has 2 aromatic carbocycles. The summed E-state index contributed by atoms with van der Waals surface area (Å²) in [5.41, 5.74) is 2.53. The van der Waals surface area contributed by atoms with Crippen molar-refractivity contribution in [1.82, 2.24) is 4.72 Å². The SMILES string of the molecule is COC(=O)c1cc([C@@H](CCc2ccccc2)NS(=O)(=O)c2ccc(C)cc2)sc1N(C)C. The van der Waals surface area contributed by atoms with E-state index >= 15 is 0 Å². The third-order valence-electron chi connectivity index (χ3n) is 5.08. The number of hydrogen-bond donors (Lipinski definition) is 1. The molecule has 0 fully saturated rings. The van der Waals surface area contributed by atoms with Crippen LogP contribution in [-0.4, -0.2) is 35.6 Å². The van der Waals surface area contributed by atoms with Gasteiger partial charge in [0.25, 0.3) is 0 Å². The van der Waals surface area contributed by atoms with Crippen LogP contribution in [0, 0.1) is 6.92 Å². The lowest BCUT2D eigenvalue weighted by Crippen LogP contribution is -2.28. The van der Waals surface area contributed by atoms with E-state index in [-0.39, 0.29) is 4.90 Å². The molecule has 0 aliphatic carbocycles. The molecule has 32 heavy (non-hydrogen) atoms. The van der Waals surface area contributed by atoms with Crippen LogP contribution in [0.15, 0.2) is 65.6 Å². The van der Waals surface area contributed by atoms with Crippen LogP contribution in [0.5, 0.6) is 0 Å². The molecule has 0 saturated carbocycles. The van der Waals surface area contributed by atoms with Gasteiger partial charge in [-0.15, -0.1) is 11.3 Å². The highest BCUT2D eigenvalue weighted by atomic mass is 32.2. The van der Waals surface area contributed by atoms with Gasteiger partial charge in [0.05, 0.1) is 23.6 Å². The van der Waals surface area contributed by atoms with Crippen molar-refractivity contribution in [2.75, 3.05) is 26.1 Å². The molecule has 1 atom stereocenters. The number of esters is 1. The Bertz CT molecular complexity index is 1150. The van der Waals surface area contributed by atoms with E-state index in [1.54, 1.807) is 30.3 Å². The number of sulfonamides is 1. The highest BCUT2D eigenvalue weighted by Crippen LogP contribution is 2.36. The van der Waals surface area contributed by atoms with Crippen molar-refractivity contribution in [3.05, 3.63) is 82.2 Å². The number of nitrogens with zero attached hydrogens (tertiary/aromatic N) is 1. The fourth-order valence-electron chi connectivity index (χ4n) is 3.35. The molecule has 170 valence electrons. The molecule has 1 heterocycles. The van der Waals surface area contributed by atoms with E-state index in [1.165, 1.54) is 18.4 Å². The molecule has 3 rings (SSSR count). The minimum atomic E-state index is -3.75. The maximum Gasteiger partial charge on any atom is 0.340 e. The summed E-state index contributed by atoms with van der Waals surface area (Å²) in [5, 5.41) is 0.728. The zero-order valence-corrected chi connectivity index (χ0v) is 20.3. The molecule has 0 radical (unpaired) electrons. The molecule has 1 aromatic heterocycles. The van der Waals surface area contributed by atoms with Gasteiger partial charge in [-0.05, 0) is 43.5 Å². The number of anilines is 1. The second-order valence-electron chi connectivity index (χ2n) is 7.76. The first kappa shape index (κ1) is 24.0. The Hall–Kier alpha value is -2.68. The lowest BCUT2D eigenvalue weighted by atomic mass is 10.0. The average Bonchev–Trinajstić information content (AvgIpc) is 3.23. The average molecular weight is 473 g/mol. The molecule has 1 N–H and O–H groups in total. The van der Waals surface area contributed by atoms with Crippen LogP contribution in [0.3, 0.4) is 0 Å². The summed E-state index contributed by atoms with van der Waals surface area (Å²) in [6, 6.07) is 17.9. The van der Waals surface area contributed by atoms with Gasteiger partial charge >= 0.3 is 5.97 Å².